The summed E-state index contributed by atoms with van der Waals surface area (Å²) in [4.78, 5) is 24.5. The molecule has 0 bridgehead atoms. The zero-order valence-electron chi connectivity index (χ0n) is 14.9. The lowest BCUT2D eigenvalue weighted by atomic mass is 10.1. The molecular formula is C17H22N6O2. The van der Waals surface area contributed by atoms with Crippen LogP contribution < -0.4 is 11.0 Å². The number of nitrogens with zero attached hydrogens (tertiary/aromatic N) is 5. The van der Waals surface area contributed by atoms with Gasteiger partial charge in [0.25, 0.3) is 5.91 Å². The largest absolute Gasteiger partial charge is 0.350 e. The maximum absolute atomic E-state index is 12.3. The first-order chi connectivity index (χ1) is 11.8. The average molecular weight is 342 g/mol. The fourth-order valence-electron chi connectivity index (χ4n) is 2.74. The van der Waals surface area contributed by atoms with E-state index in [0.29, 0.717) is 24.4 Å². The Morgan fingerprint density at radius 3 is 2.64 bits per heavy atom. The SMILES string of the molecule is Cc1cc(C(=O)NCCn2nc3ccccn3c2=O)nn1C(C)(C)C. The van der Waals surface area contributed by atoms with Crippen molar-refractivity contribution < 1.29 is 4.79 Å². The highest BCUT2D eigenvalue weighted by atomic mass is 16.2. The van der Waals surface area contributed by atoms with Crippen LogP contribution in [0.1, 0.15) is 37.0 Å². The highest BCUT2D eigenvalue weighted by Crippen LogP contribution is 2.16. The van der Waals surface area contributed by atoms with Crippen LogP contribution in [0, 0.1) is 6.92 Å². The first-order valence-corrected chi connectivity index (χ1v) is 8.17. The zero-order valence-corrected chi connectivity index (χ0v) is 14.9. The van der Waals surface area contributed by atoms with E-state index in [2.05, 4.69) is 15.5 Å². The van der Waals surface area contributed by atoms with E-state index in [0.717, 1.165) is 5.69 Å². The molecule has 0 radical (unpaired) electrons. The van der Waals surface area contributed by atoms with Gasteiger partial charge in [0.1, 0.15) is 5.69 Å². The normalized spacial score (nSPS) is 11.8. The van der Waals surface area contributed by atoms with Gasteiger partial charge in [0.05, 0.1) is 12.1 Å². The molecule has 132 valence electrons. The summed E-state index contributed by atoms with van der Waals surface area (Å²) in [6.45, 7) is 8.61. The molecule has 1 N–H and O–H groups in total. The number of pyridine rings is 1. The number of aryl methyl sites for hydroxylation is 1. The summed E-state index contributed by atoms with van der Waals surface area (Å²) in [5.74, 6) is -0.261. The monoisotopic (exact) mass is 342 g/mol. The number of amides is 1. The molecule has 0 aliphatic rings. The van der Waals surface area contributed by atoms with Gasteiger partial charge < -0.3 is 5.32 Å². The Hall–Kier alpha value is -2.90. The van der Waals surface area contributed by atoms with Crippen molar-refractivity contribution in [2.75, 3.05) is 6.54 Å². The molecule has 25 heavy (non-hydrogen) atoms. The predicted octanol–water partition coefficient (Wildman–Crippen LogP) is 1.19. The Bertz CT molecular complexity index is 973. The minimum Gasteiger partial charge on any atom is -0.349 e. The summed E-state index contributed by atoms with van der Waals surface area (Å²) >= 11 is 0. The van der Waals surface area contributed by atoms with E-state index in [1.165, 1.54) is 9.08 Å². The zero-order chi connectivity index (χ0) is 18.2. The predicted molar refractivity (Wildman–Crippen MR) is 93.7 cm³/mol. The molecule has 8 heteroatoms. The van der Waals surface area contributed by atoms with Crippen LogP contribution in [0.4, 0.5) is 0 Å². The highest BCUT2D eigenvalue weighted by molar-refractivity contribution is 5.92. The molecule has 0 unspecified atom stereocenters. The number of hydrogen-bond acceptors (Lipinski definition) is 4. The second-order valence-electron chi connectivity index (χ2n) is 6.94. The van der Waals surface area contributed by atoms with Gasteiger partial charge in [-0.3, -0.25) is 13.9 Å². The van der Waals surface area contributed by atoms with Crippen LogP contribution in [-0.2, 0) is 12.1 Å². The molecule has 0 aromatic carbocycles. The van der Waals surface area contributed by atoms with Gasteiger partial charge in [-0.1, -0.05) is 6.07 Å². The molecule has 0 saturated carbocycles. The first kappa shape index (κ1) is 16.9. The summed E-state index contributed by atoms with van der Waals surface area (Å²) in [5.41, 5.74) is 1.46. The van der Waals surface area contributed by atoms with Crippen LogP contribution in [0.25, 0.3) is 5.65 Å². The standard InChI is InChI=1S/C17H22N6O2/c1-12-11-13(19-23(12)17(2,3)4)15(24)18-8-10-22-16(25)21-9-6-5-7-14(21)20-22/h5-7,9,11H,8,10H2,1-4H3,(H,18,24). The maximum Gasteiger partial charge on any atom is 0.350 e. The van der Waals surface area contributed by atoms with Gasteiger partial charge in [-0.25, -0.2) is 9.48 Å². The van der Waals surface area contributed by atoms with E-state index in [1.807, 2.05) is 38.4 Å². The smallest absolute Gasteiger partial charge is 0.349 e. The molecule has 3 heterocycles. The molecule has 3 rings (SSSR count). The summed E-state index contributed by atoms with van der Waals surface area (Å²) in [6.07, 6.45) is 1.67. The second kappa shape index (κ2) is 6.19. The molecule has 0 atom stereocenters. The Morgan fingerprint density at radius 1 is 1.24 bits per heavy atom. The molecule has 0 saturated heterocycles. The Balaban J connectivity index is 1.66. The lowest BCUT2D eigenvalue weighted by molar-refractivity contribution is 0.0945. The molecule has 0 aliphatic carbocycles. The van der Waals surface area contributed by atoms with Crippen LogP contribution in [0.2, 0.25) is 0 Å². The average Bonchev–Trinajstić information content (AvgIpc) is 3.09. The molecule has 8 nitrogen and oxygen atoms in total. The molecule has 3 aromatic heterocycles. The van der Waals surface area contributed by atoms with Gasteiger partial charge in [-0.05, 0) is 45.9 Å². The minimum atomic E-state index is -0.261. The van der Waals surface area contributed by atoms with E-state index in [4.69, 9.17) is 0 Å². The van der Waals surface area contributed by atoms with Gasteiger partial charge in [-0.15, -0.1) is 5.10 Å². The summed E-state index contributed by atoms with van der Waals surface area (Å²) in [7, 11) is 0. The van der Waals surface area contributed by atoms with E-state index in [9.17, 15) is 9.59 Å². The van der Waals surface area contributed by atoms with Crippen LogP contribution in [0.5, 0.6) is 0 Å². The van der Waals surface area contributed by atoms with Gasteiger partial charge in [0.15, 0.2) is 5.65 Å². The topological polar surface area (TPSA) is 86.2 Å². The van der Waals surface area contributed by atoms with Crippen molar-refractivity contribution in [2.45, 2.75) is 39.8 Å². The van der Waals surface area contributed by atoms with E-state index in [-0.39, 0.29) is 17.1 Å². The quantitative estimate of drug-likeness (QED) is 0.771. The Kier molecular flexibility index (Phi) is 4.20. The summed E-state index contributed by atoms with van der Waals surface area (Å²) < 4.78 is 4.64. The number of carbonyl (C=O) groups is 1. The van der Waals surface area contributed by atoms with Crippen molar-refractivity contribution in [1.29, 1.82) is 0 Å². The molecule has 1 amide bonds. The van der Waals surface area contributed by atoms with Gasteiger partial charge in [-0.2, -0.15) is 5.10 Å². The van der Waals surface area contributed by atoms with Gasteiger partial charge in [0.2, 0.25) is 0 Å². The Labute approximate surface area is 145 Å². The first-order valence-electron chi connectivity index (χ1n) is 8.17. The second-order valence-corrected chi connectivity index (χ2v) is 6.94. The summed E-state index contributed by atoms with van der Waals surface area (Å²) in [5, 5.41) is 11.4. The van der Waals surface area contributed by atoms with Crippen LogP contribution >= 0.6 is 0 Å². The third-order valence-corrected chi connectivity index (χ3v) is 3.85. The van der Waals surface area contributed by atoms with E-state index in [1.54, 1.807) is 24.4 Å². The van der Waals surface area contributed by atoms with Crippen molar-refractivity contribution >= 4 is 11.6 Å². The number of aromatic nitrogens is 5. The Morgan fingerprint density at radius 2 is 2.00 bits per heavy atom. The number of fused-ring (bicyclic) bond motifs is 1. The lowest BCUT2D eigenvalue weighted by Crippen LogP contribution is -2.32. The minimum absolute atomic E-state index is 0.188. The van der Waals surface area contributed by atoms with Gasteiger partial charge >= 0.3 is 5.69 Å². The van der Waals surface area contributed by atoms with Crippen LogP contribution in [0.3, 0.4) is 0 Å². The lowest BCUT2D eigenvalue weighted by Gasteiger charge is -2.21. The van der Waals surface area contributed by atoms with Crippen molar-refractivity contribution in [3.63, 3.8) is 0 Å². The number of carbonyl (C=O) groups excluding carboxylic acids is 1. The maximum atomic E-state index is 12.3. The molecule has 3 aromatic rings. The third kappa shape index (κ3) is 3.33. The summed E-state index contributed by atoms with van der Waals surface area (Å²) in [6, 6.07) is 7.12. The number of hydrogen-bond donors (Lipinski definition) is 1. The van der Waals surface area contributed by atoms with E-state index < -0.39 is 0 Å². The molecule has 0 spiro atoms. The number of rotatable bonds is 4. The fraction of sp³-hybridized carbons (Fsp3) is 0.412. The van der Waals surface area contributed by atoms with Crippen LogP contribution in [-0.4, -0.2) is 36.4 Å². The van der Waals surface area contributed by atoms with Crippen molar-refractivity contribution in [1.82, 2.24) is 29.3 Å². The van der Waals surface area contributed by atoms with Gasteiger partial charge in [0, 0.05) is 18.4 Å². The van der Waals surface area contributed by atoms with Crippen molar-refractivity contribution in [3.8, 4) is 0 Å². The molecule has 0 fully saturated rings. The van der Waals surface area contributed by atoms with Crippen LogP contribution in [0.15, 0.2) is 35.3 Å². The van der Waals surface area contributed by atoms with Crippen molar-refractivity contribution in [2.24, 2.45) is 0 Å². The van der Waals surface area contributed by atoms with Crippen molar-refractivity contribution in [3.05, 3.63) is 52.3 Å². The fourth-order valence-corrected chi connectivity index (χ4v) is 2.74. The molecule has 0 aliphatic heterocycles. The molecular weight excluding hydrogens is 320 g/mol. The van der Waals surface area contributed by atoms with E-state index >= 15 is 0 Å². The third-order valence-electron chi connectivity index (χ3n) is 3.85. The highest BCUT2D eigenvalue weighted by Gasteiger charge is 2.20. The number of nitrogens with one attached hydrogen (secondary N) is 1.